The Morgan fingerprint density at radius 1 is 1.71 bits per heavy atom. The minimum absolute atomic E-state index is 0.0299. The normalized spacial score (nSPS) is 19.3. The van der Waals surface area contributed by atoms with Gasteiger partial charge in [-0.1, -0.05) is 0 Å². The Balaban J connectivity index is 1.93. The summed E-state index contributed by atoms with van der Waals surface area (Å²) in [7, 11) is 0. The predicted octanol–water partition coefficient (Wildman–Crippen LogP) is 2.23. The zero-order valence-corrected chi connectivity index (χ0v) is 11.4. The van der Waals surface area contributed by atoms with Crippen molar-refractivity contribution in [2.45, 2.75) is 32.2 Å². The van der Waals surface area contributed by atoms with Crippen molar-refractivity contribution in [2.24, 2.45) is 0 Å². The summed E-state index contributed by atoms with van der Waals surface area (Å²) >= 11 is 3.35. The van der Waals surface area contributed by atoms with Crippen LogP contribution in [0.15, 0.2) is 16.7 Å². The van der Waals surface area contributed by atoms with E-state index in [2.05, 4.69) is 31.5 Å². The van der Waals surface area contributed by atoms with Crippen molar-refractivity contribution in [1.29, 1.82) is 0 Å². The largest absolute Gasteiger partial charge is 0.313 e. The van der Waals surface area contributed by atoms with Crippen molar-refractivity contribution in [1.82, 2.24) is 10.3 Å². The summed E-state index contributed by atoms with van der Waals surface area (Å²) in [4.78, 5) is 16.0. The summed E-state index contributed by atoms with van der Waals surface area (Å²) in [6.45, 7) is 2.95. The molecule has 1 saturated heterocycles. The first-order valence-corrected chi connectivity index (χ1v) is 6.60. The second kappa shape index (κ2) is 5.60. The van der Waals surface area contributed by atoms with Crippen LogP contribution in [-0.4, -0.2) is 23.5 Å². The van der Waals surface area contributed by atoms with Crippen LogP contribution in [0.25, 0.3) is 0 Å². The molecule has 4 nitrogen and oxygen atoms in total. The monoisotopic (exact) mass is 297 g/mol. The average Bonchev–Trinajstić information content (AvgIpc) is 2.75. The summed E-state index contributed by atoms with van der Waals surface area (Å²) in [5, 5.41) is 6.16. The predicted molar refractivity (Wildman–Crippen MR) is 70.9 cm³/mol. The quantitative estimate of drug-likeness (QED) is 0.900. The number of amides is 1. The molecule has 0 aromatic carbocycles. The van der Waals surface area contributed by atoms with E-state index < -0.39 is 0 Å². The van der Waals surface area contributed by atoms with Crippen LogP contribution < -0.4 is 10.6 Å². The molecule has 1 atom stereocenters. The highest BCUT2D eigenvalue weighted by atomic mass is 79.9. The molecule has 5 heteroatoms. The van der Waals surface area contributed by atoms with Crippen molar-refractivity contribution in [3.63, 3.8) is 0 Å². The summed E-state index contributed by atoms with van der Waals surface area (Å²) in [5.74, 6) is 0.679. The van der Waals surface area contributed by atoms with Gasteiger partial charge in [-0.2, -0.15) is 0 Å². The van der Waals surface area contributed by atoms with E-state index >= 15 is 0 Å². The first-order chi connectivity index (χ1) is 8.15. The number of nitrogens with zero attached hydrogens (tertiary/aromatic N) is 1. The lowest BCUT2D eigenvalue weighted by molar-refractivity contribution is -0.116. The molecule has 1 aliphatic heterocycles. The molecule has 92 valence electrons. The highest BCUT2D eigenvalue weighted by Crippen LogP contribution is 2.17. The van der Waals surface area contributed by atoms with Gasteiger partial charge in [-0.15, -0.1) is 0 Å². The highest BCUT2D eigenvalue weighted by molar-refractivity contribution is 9.10. The number of anilines is 1. The minimum atomic E-state index is 0.0299. The molecule has 0 radical (unpaired) electrons. The molecule has 0 aliphatic carbocycles. The van der Waals surface area contributed by atoms with Gasteiger partial charge >= 0.3 is 0 Å². The third-order valence-electron chi connectivity index (χ3n) is 2.90. The first kappa shape index (κ1) is 12.5. The molecule has 1 aliphatic rings. The number of hydrogen-bond donors (Lipinski definition) is 2. The molecule has 0 spiro atoms. The Morgan fingerprint density at radius 3 is 3.18 bits per heavy atom. The molecule has 1 aromatic heterocycles. The lowest BCUT2D eigenvalue weighted by atomic mass is 10.1. The number of aryl methyl sites for hydroxylation is 1. The van der Waals surface area contributed by atoms with E-state index in [1.807, 2.05) is 13.0 Å². The smallest absolute Gasteiger partial charge is 0.227 e. The zero-order valence-electron chi connectivity index (χ0n) is 9.79. The third kappa shape index (κ3) is 3.51. The van der Waals surface area contributed by atoms with Gasteiger partial charge in [0.15, 0.2) is 0 Å². The molecule has 1 fully saturated rings. The van der Waals surface area contributed by atoms with Crippen LogP contribution in [0.2, 0.25) is 0 Å². The number of carbonyl (C=O) groups is 1. The maximum atomic E-state index is 11.8. The van der Waals surface area contributed by atoms with Crippen molar-refractivity contribution in [3.05, 3.63) is 22.3 Å². The number of rotatable bonds is 3. The van der Waals surface area contributed by atoms with E-state index in [1.165, 1.54) is 0 Å². The summed E-state index contributed by atoms with van der Waals surface area (Å²) in [6.07, 6.45) is 4.46. The van der Waals surface area contributed by atoms with Crippen molar-refractivity contribution in [2.75, 3.05) is 11.9 Å². The van der Waals surface area contributed by atoms with Crippen molar-refractivity contribution >= 4 is 27.7 Å². The Labute approximate surface area is 109 Å². The van der Waals surface area contributed by atoms with Crippen LogP contribution in [0.1, 0.15) is 24.8 Å². The zero-order chi connectivity index (χ0) is 12.3. The van der Waals surface area contributed by atoms with Crippen LogP contribution >= 0.6 is 15.9 Å². The van der Waals surface area contributed by atoms with Gasteiger partial charge in [0, 0.05) is 23.1 Å². The van der Waals surface area contributed by atoms with Crippen molar-refractivity contribution < 1.29 is 4.79 Å². The molecule has 17 heavy (non-hydrogen) atoms. The van der Waals surface area contributed by atoms with Crippen LogP contribution in [0, 0.1) is 6.92 Å². The molecule has 0 bridgehead atoms. The molecule has 2 heterocycles. The molecule has 0 saturated carbocycles. The molecular formula is C12H16BrN3O. The van der Waals surface area contributed by atoms with E-state index in [4.69, 9.17) is 0 Å². The van der Waals surface area contributed by atoms with E-state index in [-0.39, 0.29) is 5.91 Å². The fraction of sp³-hybridized carbons (Fsp3) is 0.500. The van der Waals surface area contributed by atoms with Gasteiger partial charge in [0.2, 0.25) is 5.91 Å². The Morgan fingerprint density at radius 2 is 2.53 bits per heavy atom. The van der Waals surface area contributed by atoms with Gasteiger partial charge in [0.05, 0.1) is 0 Å². The number of nitrogens with one attached hydrogen (secondary N) is 2. The first-order valence-electron chi connectivity index (χ1n) is 5.80. The fourth-order valence-corrected chi connectivity index (χ4v) is 2.45. The van der Waals surface area contributed by atoms with E-state index in [9.17, 15) is 4.79 Å². The second-order valence-electron chi connectivity index (χ2n) is 4.36. The number of aromatic nitrogens is 1. The lowest BCUT2D eigenvalue weighted by Crippen LogP contribution is -2.27. The van der Waals surface area contributed by atoms with Gasteiger partial charge in [-0.25, -0.2) is 4.98 Å². The molecule has 2 N–H and O–H groups in total. The molecule has 1 unspecified atom stereocenters. The summed E-state index contributed by atoms with van der Waals surface area (Å²) < 4.78 is 0.922. The second-order valence-corrected chi connectivity index (χ2v) is 5.28. The van der Waals surface area contributed by atoms with Crippen LogP contribution in [-0.2, 0) is 4.79 Å². The summed E-state index contributed by atoms with van der Waals surface area (Å²) in [6, 6.07) is 2.27. The van der Waals surface area contributed by atoms with Crippen LogP contribution in [0.5, 0.6) is 0 Å². The highest BCUT2D eigenvalue weighted by Gasteiger charge is 2.18. The maximum absolute atomic E-state index is 11.8. The average molecular weight is 298 g/mol. The SMILES string of the molecule is Cc1cc(Br)cnc1NC(=O)CC1CCCN1. The number of carbonyl (C=O) groups excluding carboxylic acids is 1. The number of halogens is 1. The molecule has 1 aromatic rings. The topological polar surface area (TPSA) is 54.0 Å². The van der Waals surface area contributed by atoms with E-state index in [0.717, 1.165) is 29.4 Å². The Bertz CT molecular complexity index is 416. The molecule has 2 rings (SSSR count). The van der Waals surface area contributed by atoms with Gasteiger partial charge in [-0.3, -0.25) is 4.79 Å². The molecular weight excluding hydrogens is 282 g/mol. The van der Waals surface area contributed by atoms with Crippen LogP contribution in [0.3, 0.4) is 0 Å². The van der Waals surface area contributed by atoms with Crippen LogP contribution in [0.4, 0.5) is 5.82 Å². The van der Waals surface area contributed by atoms with E-state index in [0.29, 0.717) is 18.3 Å². The molecule has 1 amide bonds. The lowest BCUT2D eigenvalue weighted by Gasteiger charge is -2.11. The van der Waals surface area contributed by atoms with Crippen molar-refractivity contribution in [3.8, 4) is 0 Å². The van der Waals surface area contributed by atoms with Gasteiger partial charge in [0.25, 0.3) is 0 Å². The number of pyridine rings is 1. The summed E-state index contributed by atoms with van der Waals surface area (Å²) in [5.41, 5.74) is 0.965. The maximum Gasteiger partial charge on any atom is 0.227 e. The van der Waals surface area contributed by atoms with Gasteiger partial charge in [0.1, 0.15) is 5.82 Å². The fourth-order valence-electron chi connectivity index (χ4n) is 2.01. The Kier molecular flexibility index (Phi) is 4.12. The van der Waals surface area contributed by atoms with Gasteiger partial charge in [-0.05, 0) is 53.9 Å². The van der Waals surface area contributed by atoms with Gasteiger partial charge < -0.3 is 10.6 Å². The van der Waals surface area contributed by atoms with E-state index in [1.54, 1.807) is 6.20 Å². The third-order valence-corrected chi connectivity index (χ3v) is 3.33. The Hall–Kier alpha value is -0.940. The minimum Gasteiger partial charge on any atom is -0.313 e. The standard InChI is InChI=1S/C12H16BrN3O/c1-8-5-9(13)7-15-12(8)16-11(17)6-10-3-2-4-14-10/h5,7,10,14H,2-4,6H2,1H3,(H,15,16,17). The number of hydrogen-bond acceptors (Lipinski definition) is 3.